The second kappa shape index (κ2) is 3.62. The van der Waals surface area contributed by atoms with Gasteiger partial charge < -0.3 is 16.2 Å². The molecule has 0 saturated heterocycles. The lowest BCUT2D eigenvalue weighted by atomic mass is 10.1. The molecule has 0 spiro atoms. The minimum Gasteiger partial charge on any atom is -0.446 e. The minimum atomic E-state index is -0.753. The molecule has 0 aromatic heterocycles. The molecule has 2 rings (SSSR count). The molecule has 0 fully saturated rings. The fourth-order valence-corrected chi connectivity index (χ4v) is 2.15. The van der Waals surface area contributed by atoms with Gasteiger partial charge >= 0.3 is 6.09 Å². The molecule has 1 atom stereocenters. The van der Waals surface area contributed by atoms with Crippen molar-refractivity contribution in [1.82, 2.24) is 0 Å². The van der Waals surface area contributed by atoms with E-state index in [4.69, 9.17) is 27.8 Å². The van der Waals surface area contributed by atoms with Crippen molar-refractivity contribution in [3.05, 3.63) is 28.3 Å². The number of rotatable bonds is 1. The predicted molar refractivity (Wildman–Crippen MR) is 57.7 cm³/mol. The Balaban J connectivity index is 2.24. The highest BCUT2D eigenvalue weighted by Gasteiger charge is 2.26. The molecule has 0 aliphatic heterocycles. The third-order valence-corrected chi connectivity index (χ3v) is 2.98. The van der Waals surface area contributed by atoms with Crippen molar-refractivity contribution >= 4 is 23.4 Å². The van der Waals surface area contributed by atoms with E-state index in [1.165, 1.54) is 0 Å². The van der Waals surface area contributed by atoms with E-state index in [9.17, 15) is 4.79 Å². The van der Waals surface area contributed by atoms with Crippen molar-refractivity contribution < 1.29 is 9.53 Å². The molecule has 4 N–H and O–H groups in total. The largest absolute Gasteiger partial charge is 0.446 e. The van der Waals surface area contributed by atoms with Gasteiger partial charge in [-0.15, -0.1) is 0 Å². The summed E-state index contributed by atoms with van der Waals surface area (Å²) < 4.78 is 4.93. The molecule has 5 heteroatoms. The van der Waals surface area contributed by atoms with E-state index < -0.39 is 6.09 Å². The van der Waals surface area contributed by atoms with Gasteiger partial charge in [0.2, 0.25) is 0 Å². The average molecular weight is 227 g/mol. The van der Waals surface area contributed by atoms with Crippen molar-refractivity contribution in [2.75, 3.05) is 5.73 Å². The first-order valence-corrected chi connectivity index (χ1v) is 4.97. The fraction of sp³-hybridized carbons (Fsp3) is 0.300. The maximum atomic E-state index is 10.6. The number of nitrogen functional groups attached to an aromatic ring is 1. The maximum absolute atomic E-state index is 10.6. The number of primary amides is 1. The van der Waals surface area contributed by atoms with Crippen LogP contribution in [0.15, 0.2) is 12.1 Å². The number of carbonyl (C=O) groups is 1. The van der Waals surface area contributed by atoms with Gasteiger partial charge in [-0.25, -0.2) is 4.79 Å². The van der Waals surface area contributed by atoms with E-state index in [0.717, 1.165) is 11.1 Å². The van der Waals surface area contributed by atoms with Crippen molar-refractivity contribution in [3.63, 3.8) is 0 Å². The van der Waals surface area contributed by atoms with Crippen LogP contribution in [0.25, 0.3) is 0 Å². The van der Waals surface area contributed by atoms with Crippen molar-refractivity contribution in [3.8, 4) is 0 Å². The van der Waals surface area contributed by atoms with Crippen LogP contribution in [0.2, 0.25) is 5.02 Å². The number of halogens is 1. The SMILES string of the molecule is NC(=O)OC1Cc2ccc(N)c(Cl)c2C1. The maximum Gasteiger partial charge on any atom is 0.404 e. The molecule has 0 bridgehead atoms. The average Bonchev–Trinajstić information content (AvgIpc) is 2.54. The minimum absolute atomic E-state index is 0.211. The number of hydrogen-bond acceptors (Lipinski definition) is 3. The van der Waals surface area contributed by atoms with E-state index in [2.05, 4.69) is 0 Å². The fourth-order valence-electron chi connectivity index (χ4n) is 1.88. The summed E-state index contributed by atoms with van der Waals surface area (Å²) in [6.45, 7) is 0. The molecule has 1 aliphatic carbocycles. The van der Waals surface area contributed by atoms with Crippen molar-refractivity contribution in [2.45, 2.75) is 18.9 Å². The second-order valence-corrected chi connectivity index (χ2v) is 3.95. The van der Waals surface area contributed by atoms with Crippen LogP contribution in [0.1, 0.15) is 11.1 Å². The van der Waals surface area contributed by atoms with Crippen LogP contribution in [-0.2, 0) is 17.6 Å². The quantitative estimate of drug-likeness (QED) is 0.712. The Bertz CT molecular complexity index is 420. The van der Waals surface area contributed by atoms with Gasteiger partial charge in [0.15, 0.2) is 0 Å². The lowest BCUT2D eigenvalue weighted by Crippen LogP contribution is -2.22. The Morgan fingerprint density at radius 2 is 2.20 bits per heavy atom. The molecule has 0 heterocycles. The lowest BCUT2D eigenvalue weighted by molar-refractivity contribution is 0.112. The summed E-state index contributed by atoms with van der Waals surface area (Å²) in [6, 6.07) is 3.66. The third kappa shape index (κ3) is 1.85. The van der Waals surface area contributed by atoms with Gasteiger partial charge in [0.1, 0.15) is 6.10 Å². The molecule has 80 valence electrons. The van der Waals surface area contributed by atoms with Crippen LogP contribution in [0.4, 0.5) is 10.5 Å². The van der Waals surface area contributed by atoms with Gasteiger partial charge in [0.25, 0.3) is 0 Å². The number of carbonyl (C=O) groups excluding carboxylic acids is 1. The van der Waals surface area contributed by atoms with E-state index in [1.807, 2.05) is 6.07 Å². The molecule has 0 radical (unpaired) electrons. The van der Waals surface area contributed by atoms with Crippen LogP contribution in [0.3, 0.4) is 0 Å². The standard InChI is InChI=1S/C10H11ClN2O2/c11-9-7-4-6(15-10(13)14)3-5(7)1-2-8(9)12/h1-2,6H,3-4,12H2,(H2,13,14). The first-order chi connectivity index (χ1) is 7.08. The summed E-state index contributed by atoms with van der Waals surface area (Å²) in [5, 5.41) is 0.558. The first-order valence-electron chi connectivity index (χ1n) is 4.59. The number of amides is 1. The molecule has 4 nitrogen and oxygen atoms in total. The Kier molecular flexibility index (Phi) is 2.44. The smallest absolute Gasteiger partial charge is 0.404 e. The van der Waals surface area contributed by atoms with Gasteiger partial charge in [-0.3, -0.25) is 0 Å². The number of ether oxygens (including phenoxy) is 1. The summed E-state index contributed by atoms with van der Waals surface area (Å²) in [4.78, 5) is 10.6. The molecular weight excluding hydrogens is 216 g/mol. The molecule has 1 unspecified atom stereocenters. The topological polar surface area (TPSA) is 78.3 Å². The van der Waals surface area contributed by atoms with Gasteiger partial charge in [-0.2, -0.15) is 0 Å². The number of nitrogens with two attached hydrogens (primary N) is 2. The van der Waals surface area contributed by atoms with Gasteiger partial charge in [-0.1, -0.05) is 17.7 Å². The van der Waals surface area contributed by atoms with Crippen LogP contribution < -0.4 is 11.5 Å². The second-order valence-electron chi connectivity index (χ2n) is 3.57. The number of benzene rings is 1. The third-order valence-electron chi connectivity index (χ3n) is 2.53. The number of hydrogen-bond donors (Lipinski definition) is 2. The summed E-state index contributed by atoms with van der Waals surface area (Å²) >= 11 is 6.04. The Morgan fingerprint density at radius 3 is 2.87 bits per heavy atom. The van der Waals surface area contributed by atoms with Gasteiger partial charge in [0.05, 0.1) is 10.7 Å². The highest BCUT2D eigenvalue weighted by Crippen LogP contribution is 2.33. The van der Waals surface area contributed by atoms with E-state index in [0.29, 0.717) is 23.6 Å². The molecule has 0 saturated carbocycles. The zero-order chi connectivity index (χ0) is 11.0. The molecular formula is C10H11ClN2O2. The monoisotopic (exact) mass is 226 g/mol. The Morgan fingerprint density at radius 1 is 1.47 bits per heavy atom. The lowest BCUT2D eigenvalue weighted by Gasteiger charge is -2.07. The summed E-state index contributed by atoms with van der Waals surface area (Å²) in [6.07, 6.45) is 0.272. The Hall–Kier alpha value is -1.42. The predicted octanol–water partition coefficient (Wildman–Crippen LogP) is 1.48. The summed E-state index contributed by atoms with van der Waals surface area (Å²) in [5.74, 6) is 0. The van der Waals surface area contributed by atoms with Crippen LogP contribution >= 0.6 is 11.6 Å². The van der Waals surface area contributed by atoms with Gasteiger partial charge in [-0.05, 0) is 17.2 Å². The molecule has 1 aromatic rings. The first kappa shape index (κ1) is 10.1. The van der Waals surface area contributed by atoms with Crippen LogP contribution in [0, 0.1) is 0 Å². The molecule has 1 aromatic carbocycles. The number of fused-ring (bicyclic) bond motifs is 1. The van der Waals surface area contributed by atoms with Crippen LogP contribution in [0.5, 0.6) is 0 Å². The van der Waals surface area contributed by atoms with E-state index in [-0.39, 0.29) is 6.10 Å². The van der Waals surface area contributed by atoms with Crippen molar-refractivity contribution in [1.29, 1.82) is 0 Å². The van der Waals surface area contributed by atoms with Gasteiger partial charge in [0, 0.05) is 12.8 Å². The molecule has 1 amide bonds. The highest BCUT2D eigenvalue weighted by molar-refractivity contribution is 6.34. The highest BCUT2D eigenvalue weighted by atomic mass is 35.5. The van der Waals surface area contributed by atoms with Crippen LogP contribution in [-0.4, -0.2) is 12.2 Å². The summed E-state index contributed by atoms with van der Waals surface area (Å²) in [5.41, 5.74) is 13.2. The van der Waals surface area contributed by atoms with Crippen molar-refractivity contribution in [2.24, 2.45) is 5.73 Å². The summed E-state index contributed by atoms with van der Waals surface area (Å²) in [7, 11) is 0. The zero-order valence-electron chi connectivity index (χ0n) is 8.00. The molecule has 1 aliphatic rings. The van der Waals surface area contributed by atoms with E-state index >= 15 is 0 Å². The number of anilines is 1. The normalized spacial score (nSPS) is 18.6. The molecule has 15 heavy (non-hydrogen) atoms. The Labute approximate surface area is 92.1 Å². The van der Waals surface area contributed by atoms with E-state index in [1.54, 1.807) is 6.07 Å². The zero-order valence-corrected chi connectivity index (χ0v) is 8.75.